The second kappa shape index (κ2) is 4.81. The molecule has 0 spiro atoms. The highest BCUT2D eigenvalue weighted by atomic mass is 79.9. The lowest BCUT2D eigenvalue weighted by molar-refractivity contribution is 0.563. The van der Waals surface area contributed by atoms with Crippen molar-refractivity contribution in [3.8, 4) is 0 Å². The highest BCUT2D eigenvalue weighted by molar-refractivity contribution is 9.11. The fourth-order valence-electron chi connectivity index (χ4n) is 2.03. The molecule has 1 aromatic carbocycles. The molecule has 1 N–H and O–H groups in total. The molecule has 1 nitrogen and oxygen atoms in total. The van der Waals surface area contributed by atoms with Crippen molar-refractivity contribution >= 4 is 31.9 Å². The van der Waals surface area contributed by atoms with E-state index in [1.807, 2.05) is 0 Å². The molecule has 1 aliphatic carbocycles. The molecule has 1 aromatic rings. The van der Waals surface area contributed by atoms with Crippen LogP contribution in [0.2, 0.25) is 0 Å². The molecule has 0 saturated heterocycles. The van der Waals surface area contributed by atoms with Crippen LogP contribution in [-0.4, -0.2) is 6.54 Å². The predicted molar refractivity (Wildman–Crippen MR) is 71.3 cm³/mol. The average molecular weight is 331 g/mol. The third-order valence-electron chi connectivity index (χ3n) is 2.72. The van der Waals surface area contributed by atoms with Crippen molar-refractivity contribution in [2.24, 2.45) is 0 Å². The van der Waals surface area contributed by atoms with E-state index in [1.165, 1.54) is 28.4 Å². The molecule has 80 valence electrons. The van der Waals surface area contributed by atoms with E-state index >= 15 is 0 Å². The van der Waals surface area contributed by atoms with Gasteiger partial charge in [-0.1, -0.05) is 44.5 Å². The van der Waals surface area contributed by atoms with Crippen molar-refractivity contribution in [1.82, 2.24) is 5.32 Å². The summed E-state index contributed by atoms with van der Waals surface area (Å²) < 4.78 is 2.18. The normalized spacial score (nSPS) is 18.9. The molecule has 0 amide bonds. The van der Waals surface area contributed by atoms with Crippen molar-refractivity contribution in [2.75, 3.05) is 6.54 Å². The van der Waals surface area contributed by atoms with E-state index in [2.05, 4.69) is 62.0 Å². The number of nitrogens with one attached hydrogen (secondary N) is 1. The van der Waals surface area contributed by atoms with Gasteiger partial charge >= 0.3 is 0 Å². The van der Waals surface area contributed by atoms with E-state index in [0.717, 1.165) is 11.0 Å². The summed E-state index contributed by atoms with van der Waals surface area (Å²) in [5, 5.41) is 3.49. The van der Waals surface area contributed by atoms with Gasteiger partial charge in [0.15, 0.2) is 0 Å². The van der Waals surface area contributed by atoms with Gasteiger partial charge in [-0.05, 0) is 36.1 Å². The SMILES string of the molecule is C=C(Br)CNC1CCc2cc(Br)ccc21. The number of rotatable bonds is 3. The smallest absolute Gasteiger partial charge is 0.0329 e. The van der Waals surface area contributed by atoms with Crippen molar-refractivity contribution in [3.05, 3.63) is 44.9 Å². The van der Waals surface area contributed by atoms with Crippen LogP contribution in [0.1, 0.15) is 23.6 Å². The van der Waals surface area contributed by atoms with Gasteiger partial charge in [-0.2, -0.15) is 0 Å². The minimum atomic E-state index is 0.488. The lowest BCUT2D eigenvalue weighted by Gasteiger charge is -2.13. The zero-order chi connectivity index (χ0) is 10.8. The van der Waals surface area contributed by atoms with Gasteiger partial charge in [0.25, 0.3) is 0 Å². The summed E-state index contributed by atoms with van der Waals surface area (Å²) in [4.78, 5) is 0. The van der Waals surface area contributed by atoms with Gasteiger partial charge in [-0.3, -0.25) is 0 Å². The third-order valence-corrected chi connectivity index (χ3v) is 3.50. The van der Waals surface area contributed by atoms with Crippen LogP contribution in [0.15, 0.2) is 33.7 Å². The monoisotopic (exact) mass is 329 g/mol. The van der Waals surface area contributed by atoms with Gasteiger partial charge in [0.2, 0.25) is 0 Å². The van der Waals surface area contributed by atoms with Gasteiger partial charge in [0.05, 0.1) is 0 Å². The van der Waals surface area contributed by atoms with E-state index < -0.39 is 0 Å². The average Bonchev–Trinajstić information content (AvgIpc) is 2.57. The van der Waals surface area contributed by atoms with E-state index in [1.54, 1.807) is 0 Å². The van der Waals surface area contributed by atoms with E-state index in [0.29, 0.717) is 6.04 Å². The minimum Gasteiger partial charge on any atom is -0.305 e. The number of hydrogen-bond acceptors (Lipinski definition) is 1. The Kier molecular flexibility index (Phi) is 3.65. The fourth-order valence-corrected chi connectivity index (χ4v) is 2.60. The summed E-state index contributed by atoms with van der Waals surface area (Å²) in [6, 6.07) is 7.03. The lowest BCUT2D eigenvalue weighted by atomic mass is 10.1. The summed E-state index contributed by atoms with van der Waals surface area (Å²) in [6.07, 6.45) is 2.35. The van der Waals surface area contributed by atoms with Crippen LogP contribution in [0.25, 0.3) is 0 Å². The summed E-state index contributed by atoms with van der Waals surface area (Å²) in [5.41, 5.74) is 2.90. The molecular weight excluding hydrogens is 318 g/mol. The molecule has 0 aliphatic heterocycles. The van der Waals surface area contributed by atoms with E-state index in [9.17, 15) is 0 Å². The van der Waals surface area contributed by atoms with Gasteiger partial charge in [-0.15, -0.1) is 0 Å². The van der Waals surface area contributed by atoms with Gasteiger partial charge < -0.3 is 5.32 Å². The number of fused-ring (bicyclic) bond motifs is 1. The minimum absolute atomic E-state index is 0.488. The first-order valence-corrected chi connectivity index (χ1v) is 6.60. The maximum absolute atomic E-state index is 3.83. The van der Waals surface area contributed by atoms with Crippen LogP contribution < -0.4 is 5.32 Å². The van der Waals surface area contributed by atoms with Crippen LogP contribution in [0.5, 0.6) is 0 Å². The first kappa shape index (κ1) is 11.4. The van der Waals surface area contributed by atoms with Crippen molar-refractivity contribution < 1.29 is 0 Å². The van der Waals surface area contributed by atoms with Crippen LogP contribution >= 0.6 is 31.9 Å². The highest BCUT2D eigenvalue weighted by Gasteiger charge is 2.21. The molecule has 2 rings (SSSR count). The third kappa shape index (κ3) is 2.71. The maximum atomic E-state index is 3.83. The van der Waals surface area contributed by atoms with Crippen LogP contribution in [-0.2, 0) is 6.42 Å². The Morgan fingerprint density at radius 2 is 2.33 bits per heavy atom. The summed E-state index contributed by atoms with van der Waals surface area (Å²) in [6.45, 7) is 4.67. The van der Waals surface area contributed by atoms with Gasteiger partial charge in [0.1, 0.15) is 0 Å². The number of benzene rings is 1. The predicted octanol–water partition coefficient (Wildman–Crippen LogP) is 3.93. The Labute approximate surface area is 107 Å². The van der Waals surface area contributed by atoms with Crippen molar-refractivity contribution in [3.63, 3.8) is 0 Å². The summed E-state index contributed by atoms with van der Waals surface area (Å²) in [7, 11) is 0. The molecule has 0 saturated carbocycles. The largest absolute Gasteiger partial charge is 0.305 e. The molecule has 1 unspecified atom stereocenters. The zero-order valence-electron chi connectivity index (χ0n) is 8.39. The number of aryl methyl sites for hydroxylation is 1. The van der Waals surface area contributed by atoms with E-state index in [-0.39, 0.29) is 0 Å². The first-order chi connectivity index (χ1) is 7.16. The quantitative estimate of drug-likeness (QED) is 0.885. The Bertz CT molecular complexity index is 387. The molecule has 15 heavy (non-hydrogen) atoms. The summed E-state index contributed by atoms with van der Waals surface area (Å²) in [5.74, 6) is 0. The Morgan fingerprint density at radius 1 is 1.53 bits per heavy atom. The molecule has 0 heterocycles. The zero-order valence-corrected chi connectivity index (χ0v) is 11.6. The van der Waals surface area contributed by atoms with E-state index in [4.69, 9.17) is 0 Å². The highest BCUT2D eigenvalue weighted by Crippen LogP contribution is 2.32. The molecule has 0 bridgehead atoms. The topological polar surface area (TPSA) is 12.0 Å². The lowest BCUT2D eigenvalue weighted by Crippen LogP contribution is -2.20. The Hall–Kier alpha value is -0.120. The standard InChI is InChI=1S/C12H13Br2N/c1-8(13)7-15-12-5-2-9-6-10(14)3-4-11(9)12/h3-4,6,12,15H,1-2,5,7H2. The second-order valence-corrected chi connectivity index (χ2v) is 5.87. The Morgan fingerprint density at radius 3 is 3.07 bits per heavy atom. The Balaban J connectivity index is 2.11. The second-order valence-electron chi connectivity index (χ2n) is 3.83. The van der Waals surface area contributed by atoms with Crippen molar-refractivity contribution in [1.29, 1.82) is 0 Å². The number of hydrogen-bond donors (Lipinski definition) is 1. The first-order valence-electron chi connectivity index (χ1n) is 5.02. The molecule has 0 radical (unpaired) electrons. The van der Waals surface area contributed by atoms with Crippen molar-refractivity contribution in [2.45, 2.75) is 18.9 Å². The van der Waals surface area contributed by atoms with Gasteiger partial charge in [-0.25, -0.2) is 0 Å². The molecular formula is C12H13Br2N. The van der Waals surface area contributed by atoms with Crippen LogP contribution in [0.3, 0.4) is 0 Å². The molecule has 3 heteroatoms. The molecule has 0 fully saturated rings. The van der Waals surface area contributed by atoms with Crippen LogP contribution in [0, 0.1) is 0 Å². The molecule has 1 atom stereocenters. The molecule has 1 aliphatic rings. The van der Waals surface area contributed by atoms with Gasteiger partial charge in [0, 0.05) is 21.5 Å². The summed E-state index contributed by atoms with van der Waals surface area (Å²) >= 11 is 6.87. The fraction of sp³-hybridized carbons (Fsp3) is 0.333. The number of halogens is 2. The maximum Gasteiger partial charge on any atom is 0.0329 e. The molecule has 0 aromatic heterocycles. The van der Waals surface area contributed by atoms with Crippen LogP contribution in [0.4, 0.5) is 0 Å².